The van der Waals surface area contributed by atoms with Crippen molar-refractivity contribution in [2.45, 2.75) is 58.8 Å². The number of hydrogen-bond donors (Lipinski definition) is 2. The summed E-state index contributed by atoms with van der Waals surface area (Å²) in [6, 6.07) is 5.76. The smallest absolute Gasteiger partial charge is 0.308 e. The van der Waals surface area contributed by atoms with E-state index in [1.807, 2.05) is 32.0 Å². The summed E-state index contributed by atoms with van der Waals surface area (Å²) in [6.07, 6.45) is 6.99. The fraction of sp³-hybridized carbons (Fsp3) is 0.625. The third-order valence-corrected chi connectivity index (χ3v) is 7.00. The molecule has 4 fully saturated rings. The van der Waals surface area contributed by atoms with Crippen LogP contribution in [0.2, 0.25) is 0 Å². The number of rotatable bonds is 7. The number of aryl methyl sites for hydroxylation is 2. The van der Waals surface area contributed by atoms with Gasteiger partial charge in [0.1, 0.15) is 0 Å². The van der Waals surface area contributed by atoms with Crippen LogP contribution in [0.25, 0.3) is 0 Å². The van der Waals surface area contributed by atoms with Gasteiger partial charge >= 0.3 is 5.97 Å². The van der Waals surface area contributed by atoms with Crippen LogP contribution in [0.4, 0.5) is 5.69 Å². The summed E-state index contributed by atoms with van der Waals surface area (Å²) in [5.41, 5.74) is 2.59. The summed E-state index contributed by atoms with van der Waals surface area (Å²) >= 11 is 0. The van der Waals surface area contributed by atoms with Crippen LogP contribution in [0.1, 0.15) is 56.1 Å². The van der Waals surface area contributed by atoms with Gasteiger partial charge in [-0.05, 0) is 93.4 Å². The molecule has 0 heterocycles. The van der Waals surface area contributed by atoms with Gasteiger partial charge < -0.3 is 15.4 Å². The molecule has 6 heteroatoms. The van der Waals surface area contributed by atoms with Crippen LogP contribution in [0.3, 0.4) is 0 Å². The molecule has 1 aromatic carbocycles. The average Bonchev–Trinajstić information content (AvgIpc) is 2.64. The molecule has 0 atom stereocenters. The van der Waals surface area contributed by atoms with Gasteiger partial charge in [0.15, 0.2) is 6.61 Å². The van der Waals surface area contributed by atoms with Crippen molar-refractivity contribution in [3.8, 4) is 0 Å². The van der Waals surface area contributed by atoms with E-state index in [9.17, 15) is 14.4 Å². The predicted octanol–water partition coefficient (Wildman–Crippen LogP) is 3.51. The highest BCUT2D eigenvalue weighted by Gasteiger charge is 2.54. The van der Waals surface area contributed by atoms with Gasteiger partial charge in [-0.3, -0.25) is 14.4 Å². The van der Waals surface area contributed by atoms with E-state index in [1.165, 1.54) is 19.3 Å². The lowest BCUT2D eigenvalue weighted by atomic mass is 9.49. The van der Waals surface area contributed by atoms with E-state index in [0.29, 0.717) is 23.4 Å². The Bertz CT molecular complexity index is 792. The van der Waals surface area contributed by atoms with E-state index in [2.05, 4.69) is 10.6 Å². The monoisotopic (exact) mass is 412 g/mol. The van der Waals surface area contributed by atoms with Crippen molar-refractivity contribution in [3.63, 3.8) is 0 Å². The Morgan fingerprint density at radius 2 is 1.53 bits per heavy atom. The summed E-state index contributed by atoms with van der Waals surface area (Å²) in [7, 11) is 0. The minimum atomic E-state index is -0.476. The van der Waals surface area contributed by atoms with Gasteiger partial charge in [-0.15, -0.1) is 0 Å². The van der Waals surface area contributed by atoms with Crippen molar-refractivity contribution in [2.24, 2.45) is 23.2 Å². The molecule has 4 aliphatic carbocycles. The lowest BCUT2D eigenvalue weighted by Crippen LogP contribution is -2.53. The Hall–Kier alpha value is -2.37. The van der Waals surface area contributed by atoms with E-state index in [1.54, 1.807) is 0 Å². The lowest BCUT2D eigenvalue weighted by Gasteiger charge is -2.55. The highest BCUT2D eigenvalue weighted by atomic mass is 16.5. The third-order valence-electron chi connectivity index (χ3n) is 7.00. The summed E-state index contributed by atoms with van der Waals surface area (Å²) in [4.78, 5) is 36.9. The first-order valence-corrected chi connectivity index (χ1v) is 11.1. The second-order valence-corrected chi connectivity index (χ2v) is 9.79. The van der Waals surface area contributed by atoms with E-state index in [4.69, 9.17) is 4.74 Å². The summed E-state index contributed by atoms with van der Waals surface area (Å²) < 4.78 is 5.07. The minimum Gasteiger partial charge on any atom is -0.456 e. The van der Waals surface area contributed by atoms with Crippen molar-refractivity contribution >= 4 is 23.5 Å². The molecular formula is C24H32N2O4. The van der Waals surface area contributed by atoms with Gasteiger partial charge in [-0.25, -0.2) is 0 Å². The molecule has 2 N–H and O–H groups in total. The number of benzene rings is 1. The maximum Gasteiger partial charge on any atom is 0.308 e. The molecule has 0 spiro atoms. The first kappa shape index (κ1) is 20.9. The number of hydrogen-bond acceptors (Lipinski definition) is 4. The van der Waals surface area contributed by atoms with Crippen LogP contribution < -0.4 is 10.6 Å². The number of carbonyl (C=O) groups is 3. The molecule has 4 bridgehead atoms. The highest BCUT2D eigenvalue weighted by Crippen LogP contribution is 2.60. The van der Waals surface area contributed by atoms with Crippen LogP contribution in [-0.2, 0) is 19.1 Å². The molecule has 1 aromatic rings. The maximum atomic E-state index is 12.9. The molecule has 0 aliphatic heterocycles. The van der Waals surface area contributed by atoms with Crippen molar-refractivity contribution in [1.29, 1.82) is 0 Å². The first-order chi connectivity index (χ1) is 14.3. The lowest BCUT2D eigenvalue weighted by molar-refractivity contribution is -0.148. The zero-order chi connectivity index (χ0) is 21.3. The van der Waals surface area contributed by atoms with Crippen molar-refractivity contribution in [3.05, 3.63) is 29.3 Å². The molecule has 5 rings (SSSR count). The molecule has 162 valence electrons. The normalized spacial score (nSPS) is 28.8. The predicted molar refractivity (Wildman–Crippen MR) is 114 cm³/mol. The zero-order valence-electron chi connectivity index (χ0n) is 18.0. The van der Waals surface area contributed by atoms with Crippen LogP contribution >= 0.6 is 0 Å². The molecule has 30 heavy (non-hydrogen) atoms. The SMILES string of the molecule is Cc1cc(C)cc(NC(=O)COC(=O)CCNC(=O)C23CC4CC(CC(C4)C2)C3)c1. The summed E-state index contributed by atoms with van der Waals surface area (Å²) in [5, 5.41) is 5.71. The number of ether oxygens (including phenoxy) is 1. The molecule has 6 nitrogen and oxygen atoms in total. The van der Waals surface area contributed by atoms with Crippen molar-refractivity contribution in [1.82, 2.24) is 5.32 Å². The number of nitrogens with one attached hydrogen (secondary N) is 2. The van der Waals surface area contributed by atoms with Gasteiger partial charge in [-0.1, -0.05) is 6.07 Å². The fourth-order valence-electron chi connectivity index (χ4n) is 6.32. The average molecular weight is 413 g/mol. The summed E-state index contributed by atoms with van der Waals surface area (Å²) in [6.45, 7) is 3.85. The first-order valence-electron chi connectivity index (χ1n) is 11.1. The zero-order valence-corrected chi connectivity index (χ0v) is 18.0. The molecule has 0 radical (unpaired) electrons. The third kappa shape index (κ3) is 4.68. The Balaban J connectivity index is 1.17. The number of esters is 1. The minimum absolute atomic E-state index is 0.0783. The fourth-order valence-corrected chi connectivity index (χ4v) is 6.32. The van der Waals surface area contributed by atoms with Gasteiger partial charge in [0.25, 0.3) is 5.91 Å². The standard InChI is InChI=1S/C24H32N2O4/c1-15-5-16(2)7-20(6-15)26-21(27)14-30-22(28)3-4-25-23(29)24-11-17-8-18(12-24)10-19(9-17)13-24/h5-7,17-19H,3-4,8-14H2,1-2H3,(H,25,29)(H,26,27). The Labute approximate surface area is 178 Å². The number of anilines is 1. The Kier molecular flexibility index (Phi) is 5.85. The highest BCUT2D eigenvalue weighted by molar-refractivity contribution is 5.93. The molecular weight excluding hydrogens is 380 g/mol. The molecule has 4 aliphatic rings. The van der Waals surface area contributed by atoms with Crippen molar-refractivity contribution < 1.29 is 19.1 Å². The molecule has 4 saturated carbocycles. The maximum absolute atomic E-state index is 12.9. The number of carbonyl (C=O) groups excluding carboxylic acids is 3. The van der Waals surface area contributed by atoms with Crippen LogP contribution in [0.5, 0.6) is 0 Å². The van der Waals surface area contributed by atoms with Crippen LogP contribution in [0, 0.1) is 37.0 Å². The van der Waals surface area contributed by atoms with E-state index < -0.39 is 5.97 Å². The van der Waals surface area contributed by atoms with Gasteiger partial charge in [0, 0.05) is 17.6 Å². The molecule has 2 amide bonds. The van der Waals surface area contributed by atoms with Crippen LogP contribution in [0.15, 0.2) is 18.2 Å². The van der Waals surface area contributed by atoms with E-state index in [-0.39, 0.29) is 36.8 Å². The molecule has 0 unspecified atom stereocenters. The van der Waals surface area contributed by atoms with E-state index in [0.717, 1.165) is 30.4 Å². The van der Waals surface area contributed by atoms with Gasteiger partial charge in [0.05, 0.1) is 6.42 Å². The van der Waals surface area contributed by atoms with Crippen LogP contribution in [-0.4, -0.2) is 30.9 Å². The molecule has 0 aromatic heterocycles. The van der Waals surface area contributed by atoms with E-state index >= 15 is 0 Å². The second-order valence-electron chi connectivity index (χ2n) is 9.79. The Morgan fingerprint density at radius 1 is 0.967 bits per heavy atom. The Morgan fingerprint density at radius 3 is 2.10 bits per heavy atom. The summed E-state index contributed by atoms with van der Waals surface area (Å²) in [5.74, 6) is 1.40. The van der Waals surface area contributed by atoms with Gasteiger partial charge in [0.2, 0.25) is 5.91 Å². The second kappa shape index (κ2) is 8.40. The number of amides is 2. The largest absolute Gasteiger partial charge is 0.456 e. The van der Waals surface area contributed by atoms with Gasteiger partial charge in [-0.2, -0.15) is 0 Å². The quantitative estimate of drug-likeness (QED) is 0.671. The topological polar surface area (TPSA) is 84.5 Å². The molecule has 0 saturated heterocycles. The van der Waals surface area contributed by atoms with Crippen molar-refractivity contribution in [2.75, 3.05) is 18.5 Å².